The summed E-state index contributed by atoms with van der Waals surface area (Å²) in [7, 11) is -1.74. The van der Waals surface area contributed by atoms with Crippen molar-refractivity contribution in [3.8, 4) is 11.5 Å². The summed E-state index contributed by atoms with van der Waals surface area (Å²) >= 11 is 3.31. The molecule has 1 aromatic carbocycles. The van der Waals surface area contributed by atoms with Crippen LogP contribution in [0.1, 0.15) is 0 Å². The van der Waals surface area contributed by atoms with E-state index in [1.54, 1.807) is 12.1 Å². The molecule has 1 heterocycles. The smallest absolute Gasteiger partial charge is 0.322 e. The van der Waals surface area contributed by atoms with E-state index < -0.39 is 11.0 Å². The van der Waals surface area contributed by atoms with Crippen LogP contribution in [0.25, 0.3) is 11.5 Å². The first kappa shape index (κ1) is 10.5. The molecule has 15 heavy (non-hydrogen) atoms. The Balaban J connectivity index is 2.37. The highest BCUT2D eigenvalue weighted by Gasteiger charge is 2.10. The van der Waals surface area contributed by atoms with Crippen LogP contribution in [0.5, 0.6) is 0 Å². The van der Waals surface area contributed by atoms with Gasteiger partial charge in [0.05, 0.1) is 0 Å². The Labute approximate surface area is 96.4 Å². The Morgan fingerprint density at radius 2 is 1.93 bits per heavy atom. The summed E-state index contributed by atoms with van der Waals surface area (Å²) in [5.74, 6) is 0.302. The molecule has 5 nitrogen and oxygen atoms in total. The molecule has 0 aliphatic carbocycles. The minimum Gasteiger partial charge on any atom is -0.409 e. The molecule has 78 valence electrons. The lowest BCUT2D eigenvalue weighted by molar-refractivity contribution is 0.456. The molecular formula is C8H6BrN3O2S. The number of rotatable bonds is 2. The lowest BCUT2D eigenvalue weighted by atomic mass is 10.2. The van der Waals surface area contributed by atoms with Crippen LogP contribution in [0.15, 0.2) is 38.4 Å². The summed E-state index contributed by atoms with van der Waals surface area (Å²) in [6, 6.07) is 7.30. The first-order chi connectivity index (χ1) is 7.16. The van der Waals surface area contributed by atoms with E-state index in [-0.39, 0.29) is 5.22 Å². The zero-order valence-corrected chi connectivity index (χ0v) is 9.79. The first-order valence-corrected chi connectivity index (χ1v) is 5.93. The van der Waals surface area contributed by atoms with Crippen molar-refractivity contribution >= 4 is 26.9 Å². The number of halogens is 1. The number of benzene rings is 1. The zero-order chi connectivity index (χ0) is 10.8. The van der Waals surface area contributed by atoms with Crippen LogP contribution in [-0.4, -0.2) is 14.4 Å². The Bertz CT molecular complexity index is 497. The Morgan fingerprint density at radius 3 is 2.47 bits per heavy atom. The zero-order valence-electron chi connectivity index (χ0n) is 7.38. The van der Waals surface area contributed by atoms with Crippen LogP contribution in [-0.2, 0) is 11.0 Å². The predicted molar refractivity (Wildman–Crippen MR) is 58.0 cm³/mol. The van der Waals surface area contributed by atoms with Gasteiger partial charge >= 0.3 is 5.22 Å². The monoisotopic (exact) mass is 287 g/mol. The Hall–Kier alpha value is -1.05. The predicted octanol–water partition coefficient (Wildman–Crippen LogP) is 1.48. The second-order valence-electron chi connectivity index (χ2n) is 2.68. The molecule has 0 saturated carbocycles. The van der Waals surface area contributed by atoms with E-state index >= 15 is 0 Å². The molecule has 0 aliphatic rings. The number of hydrogen-bond acceptors (Lipinski definition) is 4. The van der Waals surface area contributed by atoms with E-state index in [9.17, 15) is 4.21 Å². The first-order valence-electron chi connectivity index (χ1n) is 3.92. The average molecular weight is 288 g/mol. The molecular weight excluding hydrogens is 282 g/mol. The lowest BCUT2D eigenvalue weighted by Crippen LogP contribution is -2.02. The molecule has 1 unspecified atom stereocenters. The standard InChI is InChI=1S/C8H6BrN3O2S/c9-6-3-1-5(2-4-6)7-11-12-8(14-7)15(10)13/h1-4H,10H2. The van der Waals surface area contributed by atoms with Gasteiger partial charge in [-0.05, 0) is 24.3 Å². The second-order valence-corrected chi connectivity index (χ2v) is 4.54. The quantitative estimate of drug-likeness (QED) is 0.907. The van der Waals surface area contributed by atoms with Crippen LogP contribution >= 0.6 is 15.9 Å². The molecule has 7 heteroatoms. The van der Waals surface area contributed by atoms with Gasteiger partial charge in [-0.25, -0.2) is 9.35 Å². The number of nitrogens with zero attached hydrogens (tertiary/aromatic N) is 2. The minimum atomic E-state index is -1.74. The average Bonchev–Trinajstić information content (AvgIpc) is 2.68. The highest BCUT2D eigenvalue weighted by Crippen LogP contribution is 2.20. The summed E-state index contributed by atoms with van der Waals surface area (Å²) in [6.45, 7) is 0. The van der Waals surface area contributed by atoms with Crippen molar-refractivity contribution in [3.05, 3.63) is 28.7 Å². The number of aromatic nitrogens is 2. The highest BCUT2D eigenvalue weighted by molar-refractivity contribution is 9.10. The number of hydrogen-bond donors (Lipinski definition) is 1. The van der Waals surface area contributed by atoms with E-state index in [0.29, 0.717) is 5.89 Å². The van der Waals surface area contributed by atoms with E-state index in [1.807, 2.05) is 12.1 Å². The van der Waals surface area contributed by atoms with Crippen molar-refractivity contribution in [1.29, 1.82) is 0 Å². The van der Waals surface area contributed by atoms with Gasteiger partial charge in [0, 0.05) is 10.0 Å². The molecule has 0 fully saturated rings. The highest BCUT2D eigenvalue weighted by atomic mass is 79.9. The van der Waals surface area contributed by atoms with Crippen LogP contribution in [0, 0.1) is 0 Å². The van der Waals surface area contributed by atoms with Crippen molar-refractivity contribution in [2.24, 2.45) is 5.14 Å². The van der Waals surface area contributed by atoms with Crippen molar-refractivity contribution in [2.75, 3.05) is 0 Å². The molecule has 0 bridgehead atoms. The molecule has 2 aromatic rings. The second kappa shape index (κ2) is 4.21. The maximum atomic E-state index is 10.8. The summed E-state index contributed by atoms with van der Waals surface area (Å²) in [5, 5.41) is 12.3. The summed E-state index contributed by atoms with van der Waals surface area (Å²) < 4.78 is 16.9. The van der Waals surface area contributed by atoms with Gasteiger partial charge in [0.2, 0.25) is 5.89 Å². The Morgan fingerprint density at radius 1 is 1.27 bits per heavy atom. The van der Waals surface area contributed by atoms with E-state index in [0.717, 1.165) is 10.0 Å². The van der Waals surface area contributed by atoms with Gasteiger partial charge in [0.25, 0.3) is 0 Å². The number of nitrogens with two attached hydrogens (primary N) is 1. The van der Waals surface area contributed by atoms with Crippen molar-refractivity contribution < 1.29 is 8.63 Å². The summed E-state index contributed by atoms with van der Waals surface area (Å²) in [5.41, 5.74) is 0.752. The van der Waals surface area contributed by atoms with Crippen LogP contribution in [0.4, 0.5) is 0 Å². The fourth-order valence-electron chi connectivity index (χ4n) is 1.00. The van der Waals surface area contributed by atoms with Gasteiger partial charge in [-0.1, -0.05) is 21.0 Å². The topological polar surface area (TPSA) is 82.0 Å². The van der Waals surface area contributed by atoms with Gasteiger partial charge in [0.15, 0.2) is 11.0 Å². The third-order valence-corrected chi connectivity index (χ3v) is 2.71. The minimum absolute atomic E-state index is 0.0760. The van der Waals surface area contributed by atoms with Gasteiger partial charge < -0.3 is 4.42 Å². The molecule has 1 atom stereocenters. The molecule has 0 radical (unpaired) electrons. The molecule has 0 amide bonds. The molecule has 0 aliphatic heterocycles. The Kier molecular flexibility index (Phi) is 2.94. The molecule has 2 rings (SSSR count). The normalized spacial score (nSPS) is 12.7. The van der Waals surface area contributed by atoms with Gasteiger partial charge in [-0.3, -0.25) is 0 Å². The van der Waals surface area contributed by atoms with Crippen molar-refractivity contribution in [2.45, 2.75) is 5.22 Å². The lowest BCUT2D eigenvalue weighted by Gasteiger charge is -1.93. The largest absolute Gasteiger partial charge is 0.409 e. The third kappa shape index (κ3) is 2.31. The van der Waals surface area contributed by atoms with E-state index in [1.165, 1.54) is 0 Å². The van der Waals surface area contributed by atoms with Crippen LogP contribution < -0.4 is 5.14 Å². The van der Waals surface area contributed by atoms with Crippen LogP contribution in [0.3, 0.4) is 0 Å². The van der Waals surface area contributed by atoms with Crippen molar-refractivity contribution in [3.63, 3.8) is 0 Å². The van der Waals surface area contributed by atoms with E-state index in [2.05, 4.69) is 26.1 Å². The molecule has 2 N–H and O–H groups in total. The maximum Gasteiger partial charge on any atom is 0.322 e. The third-order valence-electron chi connectivity index (χ3n) is 1.67. The fraction of sp³-hybridized carbons (Fsp3) is 0. The van der Waals surface area contributed by atoms with Gasteiger partial charge in [-0.15, -0.1) is 5.10 Å². The molecule has 1 aromatic heterocycles. The van der Waals surface area contributed by atoms with Crippen molar-refractivity contribution in [1.82, 2.24) is 10.2 Å². The molecule has 0 saturated heterocycles. The van der Waals surface area contributed by atoms with E-state index in [4.69, 9.17) is 9.56 Å². The summed E-state index contributed by atoms with van der Waals surface area (Å²) in [4.78, 5) is 0. The summed E-state index contributed by atoms with van der Waals surface area (Å²) in [6.07, 6.45) is 0. The fourth-order valence-corrected chi connectivity index (χ4v) is 1.55. The van der Waals surface area contributed by atoms with Crippen LogP contribution in [0.2, 0.25) is 0 Å². The van der Waals surface area contributed by atoms with Gasteiger partial charge in [0.1, 0.15) is 0 Å². The SMILES string of the molecule is NS(=O)c1nnc(-c2ccc(Br)cc2)o1. The van der Waals surface area contributed by atoms with Gasteiger partial charge in [-0.2, -0.15) is 0 Å². The maximum absolute atomic E-state index is 10.8. The molecule has 0 spiro atoms.